The number of hydrogen-bond donors (Lipinski definition) is 1. The number of nitrogens with zero attached hydrogens (tertiary/aromatic N) is 3. The molecule has 7 heteroatoms. The average molecular weight is 370 g/mol. The molecule has 2 aromatic rings. The molecule has 2 amide bonds. The Labute approximate surface area is 158 Å². The smallest absolute Gasteiger partial charge is 0.257 e. The number of nitrogens with one attached hydrogen (secondary N) is 1. The fourth-order valence-electron chi connectivity index (χ4n) is 4.17. The molecule has 27 heavy (non-hydrogen) atoms. The minimum atomic E-state index is -0.0758. The summed E-state index contributed by atoms with van der Waals surface area (Å²) in [6, 6.07) is 3.94. The van der Waals surface area contributed by atoms with Crippen molar-refractivity contribution in [1.82, 2.24) is 14.7 Å². The van der Waals surface area contributed by atoms with Gasteiger partial charge in [0.1, 0.15) is 12.1 Å². The number of carbonyl (C=O) groups excluding carboxylic acids is 2. The highest BCUT2D eigenvalue weighted by atomic mass is 16.3. The summed E-state index contributed by atoms with van der Waals surface area (Å²) in [5.74, 6) is 0.720. The third-order valence-corrected chi connectivity index (χ3v) is 5.76. The summed E-state index contributed by atoms with van der Waals surface area (Å²) < 4.78 is 6.97. The summed E-state index contributed by atoms with van der Waals surface area (Å²) in [5, 5.41) is 7.51. The molecule has 0 unspecified atom stereocenters. The highest BCUT2D eigenvalue weighted by molar-refractivity contribution is 5.94. The van der Waals surface area contributed by atoms with Crippen molar-refractivity contribution in [3.8, 4) is 0 Å². The maximum Gasteiger partial charge on any atom is 0.257 e. The Bertz CT molecular complexity index is 769. The molecule has 144 valence electrons. The number of amides is 2. The highest BCUT2D eigenvalue weighted by Gasteiger charge is 2.29. The van der Waals surface area contributed by atoms with Crippen molar-refractivity contribution in [2.75, 3.05) is 18.4 Å². The predicted molar refractivity (Wildman–Crippen MR) is 100 cm³/mol. The van der Waals surface area contributed by atoms with Gasteiger partial charge in [-0.2, -0.15) is 5.10 Å². The van der Waals surface area contributed by atoms with Gasteiger partial charge in [-0.15, -0.1) is 0 Å². The monoisotopic (exact) mass is 370 g/mol. The number of rotatable bonds is 4. The Morgan fingerprint density at radius 1 is 1.07 bits per heavy atom. The molecule has 4 rings (SSSR count). The van der Waals surface area contributed by atoms with E-state index in [9.17, 15) is 9.59 Å². The molecule has 0 aromatic carbocycles. The lowest BCUT2D eigenvalue weighted by Gasteiger charge is -2.31. The molecule has 1 saturated carbocycles. The fraction of sp³-hybridized carbons (Fsp3) is 0.550. The van der Waals surface area contributed by atoms with Crippen LogP contribution in [-0.2, 0) is 4.79 Å². The van der Waals surface area contributed by atoms with Gasteiger partial charge < -0.3 is 14.6 Å². The topological polar surface area (TPSA) is 80.4 Å². The SMILES string of the molecule is O=C(Nc1ccnn1C1CCCCC1)C1CCN(C(=O)c2ccoc2)CC1. The lowest BCUT2D eigenvalue weighted by molar-refractivity contribution is -0.121. The zero-order chi connectivity index (χ0) is 18.6. The Balaban J connectivity index is 1.32. The second kappa shape index (κ2) is 7.98. The fourth-order valence-corrected chi connectivity index (χ4v) is 4.17. The average Bonchev–Trinajstić information content (AvgIpc) is 3.40. The van der Waals surface area contributed by atoms with Crippen molar-refractivity contribution >= 4 is 17.6 Å². The van der Waals surface area contributed by atoms with Crippen LogP contribution in [0.4, 0.5) is 5.82 Å². The van der Waals surface area contributed by atoms with Crippen LogP contribution in [0.2, 0.25) is 0 Å². The number of aromatic nitrogens is 2. The maximum absolute atomic E-state index is 12.7. The standard InChI is InChI=1S/C20H26N4O3/c25-19(22-18-6-10-21-24(18)17-4-2-1-3-5-17)15-7-11-23(12-8-15)20(26)16-9-13-27-14-16/h6,9-10,13-15,17H,1-5,7-8,11-12H2,(H,22,25). The molecule has 3 heterocycles. The van der Waals surface area contributed by atoms with E-state index in [1.165, 1.54) is 31.8 Å². The Hall–Kier alpha value is -2.57. The van der Waals surface area contributed by atoms with Crippen LogP contribution >= 0.6 is 0 Å². The van der Waals surface area contributed by atoms with Crippen LogP contribution < -0.4 is 5.32 Å². The zero-order valence-corrected chi connectivity index (χ0v) is 15.5. The molecule has 2 aliphatic rings. The number of likely N-dealkylation sites (tertiary alicyclic amines) is 1. The van der Waals surface area contributed by atoms with Gasteiger partial charge in [0.15, 0.2) is 0 Å². The Morgan fingerprint density at radius 3 is 2.56 bits per heavy atom. The quantitative estimate of drug-likeness (QED) is 0.893. The molecule has 2 aromatic heterocycles. The van der Waals surface area contributed by atoms with E-state index < -0.39 is 0 Å². The van der Waals surface area contributed by atoms with Crippen molar-refractivity contribution in [2.24, 2.45) is 5.92 Å². The van der Waals surface area contributed by atoms with Gasteiger partial charge in [0, 0.05) is 25.1 Å². The van der Waals surface area contributed by atoms with Crippen molar-refractivity contribution < 1.29 is 14.0 Å². The van der Waals surface area contributed by atoms with E-state index in [1.54, 1.807) is 17.2 Å². The van der Waals surface area contributed by atoms with Crippen molar-refractivity contribution in [1.29, 1.82) is 0 Å². The van der Waals surface area contributed by atoms with Crippen molar-refractivity contribution in [2.45, 2.75) is 51.0 Å². The lowest BCUT2D eigenvalue weighted by atomic mass is 9.95. The molecule has 1 aliphatic carbocycles. The second-order valence-corrected chi connectivity index (χ2v) is 7.52. The van der Waals surface area contributed by atoms with Gasteiger partial charge in [-0.1, -0.05) is 19.3 Å². The molecular formula is C20H26N4O3. The summed E-state index contributed by atoms with van der Waals surface area (Å²) in [5.41, 5.74) is 0.564. The first kappa shape index (κ1) is 17.8. The van der Waals surface area contributed by atoms with Gasteiger partial charge in [0.05, 0.1) is 24.1 Å². The predicted octanol–water partition coefficient (Wildman–Crippen LogP) is 3.47. The first-order chi connectivity index (χ1) is 13.2. The molecular weight excluding hydrogens is 344 g/mol. The van der Waals surface area contributed by atoms with Gasteiger partial charge >= 0.3 is 0 Å². The van der Waals surface area contributed by atoms with Crippen molar-refractivity contribution in [3.05, 3.63) is 36.4 Å². The van der Waals surface area contributed by atoms with E-state index in [-0.39, 0.29) is 17.7 Å². The number of carbonyl (C=O) groups is 2. The molecule has 0 bridgehead atoms. The molecule has 0 spiro atoms. The molecule has 1 N–H and O–H groups in total. The molecule has 1 saturated heterocycles. The van der Waals surface area contributed by atoms with Gasteiger partial charge in [-0.05, 0) is 31.7 Å². The molecule has 1 aliphatic heterocycles. The number of furan rings is 1. The van der Waals surface area contributed by atoms with E-state index in [1.807, 2.05) is 10.7 Å². The summed E-state index contributed by atoms with van der Waals surface area (Å²) in [6.45, 7) is 1.17. The summed E-state index contributed by atoms with van der Waals surface area (Å²) in [7, 11) is 0. The molecule has 2 fully saturated rings. The van der Waals surface area contributed by atoms with Crippen molar-refractivity contribution in [3.63, 3.8) is 0 Å². The first-order valence-corrected chi connectivity index (χ1v) is 9.88. The van der Waals surface area contributed by atoms with E-state index in [4.69, 9.17) is 4.42 Å². The minimum Gasteiger partial charge on any atom is -0.472 e. The Morgan fingerprint density at radius 2 is 1.85 bits per heavy atom. The first-order valence-electron chi connectivity index (χ1n) is 9.88. The molecule has 0 atom stereocenters. The van der Waals surface area contributed by atoms with Gasteiger partial charge in [0.2, 0.25) is 5.91 Å². The van der Waals surface area contributed by atoms with E-state index in [0.29, 0.717) is 37.5 Å². The van der Waals surface area contributed by atoms with Gasteiger partial charge in [-0.25, -0.2) is 4.68 Å². The lowest BCUT2D eigenvalue weighted by Crippen LogP contribution is -2.41. The summed E-state index contributed by atoms with van der Waals surface area (Å²) in [4.78, 5) is 26.9. The van der Waals surface area contributed by atoms with E-state index in [2.05, 4.69) is 10.4 Å². The van der Waals surface area contributed by atoms with Crippen LogP contribution in [0.15, 0.2) is 35.3 Å². The Kier molecular flexibility index (Phi) is 5.27. The third-order valence-electron chi connectivity index (χ3n) is 5.76. The van der Waals surface area contributed by atoms with Gasteiger partial charge in [-0.3, -0.25) is 9.59 Å². The minimum absolute atomic E-state index is 0.0296. The molecule has 0 radical (unpaired) electrons. The van der Waals surface area contributed by atoms with Crippen LogP contribution in [0, 0.1) is 5.92 Å². The zero-order valence-electron chi connectivity index (χ0n) is 15.5. The van der Waals surface area contributed by atoms with Crippen LogP contribution in [0.3, 0.4) is 0 Å². The number of hydrogen-bond acceptors (Lipinski definition) is 4. The van der Waals surface area contributed by atoms with Crippen LogP contribution in [0.5, 0.6) is 0 Å². The van der Waals surface area contributed by atoms with Crippen LogP contribution in [0.25, 0.3) is 0 Å². The largest absolute Gasteiger partial charge is 0.472 e. The van der Waals surface area contributed by atoms with Gasteiger partial charge in [0.25, 0.3) is 5.91 Å². The maximum atomic E-state index is 12.7. The number of anilines is 1. The van der Waals surface area contributed by atoms with Crippen LogP contribution in [-0.4, -0.2) is 39.6 Å². The van der Waals surface area contributed by atoms with Crippen LogP contribution in [0.1, 0.15) is 61.3 Å². The van der Waals surface area contributed by atoms with E-state index in [0.717, 1.165) is 18.7 Å². The normalized spacial score (nSPS) is 19.2. The van der Waals surface area contributed by atoms with E-state index >= 15 is 0 Å². The summed E-state index contributed by atoms with van der Waals surface area (Å²) in [6.07, 6.45) is 12.1. The summed E-state index contributed by atoms with van der Waals surface area (Å²) >= 11 is 0. The number of piperidine rings is 1. The molecule has 7 nitrogen and oxygen atoms in total. The third kappa shape index (κ3) is 3.91. The second-order valence-electron chi connectivity index (χ2n) is 7.52. The highest BCUT2D eigenvalue weighted by Crippen LogP contribution is 2.30.